The van der Waals surface area contributed by atoms with Crippen LogP contribution in [-0.4, -0.2) is 86.9 Å². The van der Waals surface area contributed by atoms with Gasteiger partial charge in [-0.1, -0.05) is 60.7 Å². The first-order valence-electron chi connectivity index (χ1n) is 17.7. The predicted octanol–water partition coefficient (Wildman–Crippen LogP) is 3.22. The summed E-state index contributed by atoms with van der Waals surface area (Å²) in [6.45, 7) is 1.49. The molecule has 0 unspecified atom stereocenters. The summed E-state index contributed by atoms with van der Waals surface area (Å²) in [7, 11) is 0. The number of likely N-dealkylation sites (tertiary alicyclic amines) is 1. The van der Waals surface area contributed by atoms with Crippen molar-refractivity contribution in [2.24, 2.45) is 0 Å². The molecule has 0 saturated carbocycles. The molecule has 1 aromatic heterocycles. The fraction of sp³-hybridized carbons (Fsp3) is 0.268. The van der Waals surface area contributed by atoms with Crippen molar-refractivity contribution in [3.63, 3.8) is 0 Å². The molecule has 5 aromatic rings. The number of nitrogens with zero attached hydrogens (tertiary/aromatic N) is 1. The molecule has 2 heterocycles. The lowest BCUT2D eigenvalue weighted by atomic mass is 9.86. The Balaban J connectivity index is 0.922. The van der Waals surface area contributed by atoms with E-state index in [4.69, 9.17) is 4.74 Å². The number of aromatic amines is 1. The van der Waals surface area contributed by atoms with Gasteiger partial charge in [-0.2, -0.15) is 0 Å². The van der Waals surface area contributed by atoms with E-state index in [-0.39, 0.29) is 64.7 Å². The number of benzene rings is 4. The number of fused-ring (bicyclic) bond motifs is 1. The van der Waals surface area contributed by atoms with Gasteiger partial charge in [0.1, 0.15) is 11.5 Å². The zero-order valence-electron chi connectivity index (χ0n) is 29.4. The fourth-order valence-electron chi connectivity index (χ4n) is 6.68. The van der Waals surface area contributed by atoms with Crippen LogP contribution in [0.3, 0.4) is 0 Å². The van der Waals surface area contributed by atoms with Gasteiger partial charge < -0.3 is 45.7 Å². The fourth-order valence-corrected chi connectivity index (χ4v) is 6.68. The third-order valence-corrected chi connectivity index (χ3v) is 9.66. The molecule has 4 aromatic carbocycles. The summed E-state index contributed by atoms with van der Waals surface area (Å²) >= 11 is 0. The number of rotatable bonds is 14. The molecule has 2 amide bonds. The van der Waals surface area contributed by atoms with Gasteiger partial charge in [0, 0.05) is 48.3 Å². The Kier molecular flexibility index (Phi) is 11.7. The van der Waals surface area contributed by atoms with Crippen molar-refractivity contribution in [2.45, 2.75) is 37.0 Å². The highest BCUT2D eigenvalue weighted by atomic mass is 16.5. The number of nitrogens with one attached hydrogen (secondary N) is 3. The van der Waals surface area contributed by atoms with Gasteiger partial charge in [-0.3, -0.25) is 14.4 Å². The Morgan fingerprint density at radius 1 is 0.907 bits per heavy atom. The molecule has 0 bridgehead atoms. The van der Waals surface area contributed by atoms with Gasteiger partial charge in [-0.15, -0.1) is 0 Å². The molecule has 1 fully saturated rings. The van der Waals surface area contributed by atoms with Crippen LogP contribution in [0.2, 0.25) is 0 Å². The maximum atomic E-state index is 13.2. The number of carbonyl (C=O) groups is 3. The van der Waals surface area contributed by atoms with Gasteiger partial charge in [0.2, 0.25) is 11.2 Å². The van der Waals surface area contributed by atoms with E-state index in [9.17, 15) is 39.6 Å². The van der Waals surface area contributed by atoms with Gasteiger partial charge >= 0.3 is 5.97 Å². The Labute approximate surface area is 310 Å². The van der Waals surface area contributed by atoms with Gasteiger partial charge in [0.25, 0.3) is 11.8 Å². The summed E-state index contributed by atoms with van der Waals surface area (Å²) in [5, 5.41) is 48.6. The van der Waals surface area contributed by atoms with Crippen molar-refractivity contribution in [3.8, 4) is 11.5 Å². The topological polar surface area (TPSA) is 202 Å². The second-order valence-corrected chi connectivity index (χ2v) is 13.3. The van der Waals surface area contributed by atoms with E-state index in [0.29, 0.717) is 55.4 Å². The van der Waals surface area contributed by atoms with E-state index in [0.717, 1.165) is 5.56 Å². The lowest BCUT2D eigenvalue weighted by Crippen LogP contribution is -2.47. The number of carbonyl (C=O) groups excluding carboxylic acids is 2. The van der Waals surface area contributed by atoms with E-state index in [1.807, 2.05) is 12.1 Å². The number of H-pyrrole nitrogens is 1. The number of hydrogen-bond donors (Lipinski definition) is 7. The lowest BCUT2D eigenvalue weighted by Gasteiger charge is -2.32. The van der Waals surface area contributed by atoms with E-state index >= 15 is 0 Å². The predicted molar refractivity (Wildman–Crippen MR) is 200 cm³/mol. The Bertz CT molecular complexity index is 2170. The molecule has 6 rings (SSSR count). The zero-order chi connectivity index (χ0) is 38.2. The number of aliphatic hydroxyl groups excluding tert-OH is 1. The molecular formula is C41H42N4O9. The normalized spacial score (nSPS) is 15.0. The number of carboxylic acids is 1. The molecule has 2 atom stereocenters. The van der Waals surface area contributed by atoms with Crippen LogP contribution in [0.5, 0.6) is 11.5 Å². The summed E-state index contributed by atoms with van der Waals surface area (Å²) in [5.41, 5.74) is 0.114. The lowest BCUT2D eigenvalue weighted by molar-refractivity contribution is -0.155. The number of carboxylic acid groups (broad SMARTS) is 1. The summed E-state index contributed by atoms with van der Waals surface area (Å²) in [6.07, 6.45) is 0.958. The van der Waals surface area contributed by atoms with Crippen molar-refractivity contribution in [1.29, 1.82) is 0 Å². The maximum Gasteiger partial charge on any atom is 0.345 e. The molecule has 0 radical (unpaired) electrons. The van der Waals surface area contributed by atoms with E-state index in [1.165, 1.54) is 36.4 Å². The van der Waals surface area contributed by atoms with Crippen LogP contribution in [0.4, 0.5) is 0 Å². The number of piperidine rings is 1. The molecule has 0 spiro atoms. The standard InChI is InChI=1S/C41H42N4O9/c46-34-15-13-32(33-14-16-36(48)44-38(33)34)35(47)24-42-20-17-26-9-11-27(12-10-26)39(50)45-21-18-30(19-22-45)43-37(49)25-54-31-8-4-7-29(23-31)41(53,40(51)52)28-5-2-1-3-6-28/h1-16,23,30,35,42,46-47,53H,17-22,24-25H2,(H,43,49)(H,44,48)(H,51,52)/t35-,41-/m0/s1. The highest BCUT2D eigenvalue weighted by Gasteiger charge is 2.40. The number of phenolic OH excluding ortho intramolecular Hbond substituents is 1. The van der Waals surface area contributed by atoms with Crippen LogP contribution in [-0.2, 0) is 21.6 Å². The van der Waals surface area contributed by atoms with Crippen molar-refractivity contribution < 1.29 is 39.5 Å². The quantitative estimate of drug-likeness (QED) is 0.0831. The Morgan fingerprint density at radius 2 is 1.63 bits per heavy atom. The number of amides is 2. The second kappa shape index (κ2) is 16.8. The van der Waals surface area contributed by atoms with E-state index in [2.05, 4.69) is 15.6 Å². The van der Waals surface area contributed by atoms with E-state index < -0.39 is 17.7 Å². The number of aliphatic hydroxyl groups is 2. The number of aliphatic carboxylic acids is 1. The molecule has 280 valence electrons. The summed E-state index contributed by atoms with van der Waals surface area (Å²) in [6, 6.07) is 27.4. The minimum atomic E-state index is -2.29. The molecule has 1 saturated heterocycles. The average molecular weight is 735 g/mol. The van der Waals surface area contributed by atoms with Gasteiger partial charge in [-0.05, 0) is 78.9 Å². The summed E-state index contributed by atoms with van der Waals surface area (Å²) in [5.74, 6) is -1.71. The largest absolute Gasteiger partial charge is 0.506 e. The van der Waals surface area contributed by atoms with Crippen molar-refractivity contribution in [2.75, 3.05) is 32.8 Å². The SMILES string of the molecule is O=C(COc1cccc([C@](O)(C(=O)O)c2ccccc2)c1)NC1CCN(C(=O)c2ccc(CCNC[C@H](O)c3ccc(O)c4[nH]c(=O)ccc34)cc2)CC1. The first-order chi connectivity index (χ1) is 26.0. The van der Waals surface area contributed by atoms with Crippen LogP contribution in [0.25, 0.3) is 10.9 Å². The molecule has 0 aliphatic carbocycles. The first-order valence-corrected chi connectivity index (χ1v) is 17.7. The number of pyridine rings is 1. The second-order valence-electron chi connectivity index (χ2n) is 13.3. The highest BCUT2D eigenvalue weighted by molar-refractivity contribution is 5.94. The minimum absolute atomic E-state index is 0.0634. The molecule has 13 nitrogen and oxygen atoms in total. The average Bonchev–Trinajstić information content (AvgIpc) is 3.19. The molecule has 1 aliphatic heterocycles. The smallest absolute Gasteiger partial charge is 0.345 e. The third-order valence-electron chi connectivity index (χ3n) is 9.66. The number of phenols is 1. The maximum absolute atomic E-state index is 13.2. The summed E-state index contributed by atoms with van der Waals surface area (Å²) < 4.78 is 5.65. The number of aromatic hydroxyl groups is 1. The third kappa shape index (κ3) is 8.60. The molecule has 54 heavy (non-hydrogen) atoms. The molecule has 7 N–H and O–H groups in total. The summed E-state index contributed by atoms with van der Waals surface area (Å²) in [4.78, 5) is 54.1. The molecule has 1 aliphatic rings. The van der Waals surface area contributed by atoms with Gasteiger partial charge in [0.15, 0.2) is 6.61 Å². The number of ether oxygens (including phenoxy) is 1. The van der Waals surface area contributed by atoms with Crippen LogP contribution in [0.1, 0.15) is 51.6 Å². The molecule has 13 heteroatoms. The van der Waals surface area contributed by atoms with Crippen LogP contribution < -0.4 is 20.9 Å². The van der Waals surface area contributed by atoms with Crippen molar-refractivity contribution >= 4 is 28.7 Å². The van der Waals surface area contributed by atoms with Crippen molar-refractivity contribution in [1.82, 2.24) is 20.5 Å². The van der Waals surface area contributed by atoms with Crippen LogP contribution >= 0.6 is 0 Å². The minimum Gasteiger partial charge on any atom is -0.506 e. The Hall–Kier alpha value is -6.02. The highest BCUT2D eigenvalue weighted by Crippen LogP contribution is 2.32. The van der Waals surface area contributed by atoms with Crippen molar-refractivity contribution in [3.05, 3.63) is 141 Å². The van der Waals surface area contributed by atoms with Gasteiger partial charge in [-0.25, -0.2) is 4.79 Å². The van der Waals surface area contributed by atoms with Gasteiger partial charge in [0.05, 0.1) is 11.6 Å². The monoisotopic (exact) mass is 734 g/mol. The van der Waals surface area contributed by atoms with Crippen LogP contribution in [0.15, 0.2) is 108 Å². The number of hydrogen-bond acceptors (Lipinski definition) is 9. The number of aromatic nitrogens is 1. The molecular weight excluding hydrogens is 692 g/mol. The zero-order valence-corrected chi connectivity index (χ0v) is 29.4. The van der Waals surface area contributed by atoms with E-state index in [1.54, 1.807) is 59.5 Å². The van der Waals surface area contributed by atoms with Crippen LogP contribution in [0, 0.1) is 0 Å². The first kappa shape index (κ1) is 37.7. The Morgan fingerprint density at radius 3 is 2.35 bits per heavy atom.